The van der Waals surface area contributed by atoms with Gasteiger partial charge in [0.1, 0.15) is 5.78 Å². The van der Waals surface area contributed by atoms with Crippen molar-refractivity contribution in [2.75, 3.05) is 5.33 Å². The van der Waals surface area contributed by atoms with E-state index in [9.17, 15) is 4.79 Å². The molecule has 0 unspecified atom stereocenters. The van der Waals surface area contributed by atoms with E-state index in [0.29, 0.717) is 5.78 Å². The molecule has 0 atom stereocenters. The van der Waals surface area contributed by atoms with E-state index >= 15 is 0 Å². The highest BCUT2D eigenvalue weighted by molar-refractivity contribution is 9.09. The minimum Gasteiger partial charge on any atom is -0.300 e. The van der Waals surface area contributed by atoms with Gasteiger partial charge in [-0.3, -0.25) is 4.79 Å². The minimum atomic E-state index is 0.468. The van der Waals surface area contributed by atoms with Crippen LogP contribution in [0.3, 0.4) is 0 Å². The molecule has 14 heavy (non-hydrogen) atoms. The molecule has 0 N–H and O–H groups in total. The van der Waals surface area contributed by atoms with Crippen LogP contribution in [-0.2, 0) is 4.79 Å². The van der Waals surface area contributed by atoms with Crippen LogP contribution in [-0.4, -0.2) is 11.1 Å². The highest BCUT2D eigenvalue weighted by Gasteiger charge is 2.14. The molecule has 2 heteroatoms. The Morgan fingerprint density at radius 3 is 2.50 bits per heavy atom. The summed E-state index contributed by atoms with van der Waals surface area (Å²) in [5, 5.41) is 0.960. The third-order valence-electron chi connectivity index (χ3n) is 3.15. The number of hydrogen-bond acceptors (Lipinski definition) is 1. The molecule has 0 saturated heterocycles. The Hall–Kier alpha value is 0.150. The van der Waals surface area contributed by atoms with Crippen LogP contribution in [0.1, 0.15) is 57.8 Å². The first-order chi connectivity index (χ1) is 6.83. The zero-order valence-electron chi connectivity index (χ0n) is 8.93. The first kappa shape index (κ1) is 12.2. The van der Waals surface area contributed by atoms with Gasteiger partial charge in [0.25, 0.3) is 0 Å². The molecule has 0 bridgehead atoms. The molecule has 0 aromatic carbocycles. The van der Waals surface area contributed by atoms with Gasteiger partial charge < -0.3 is 0 Å². The molecule has 1 saturated carbocycles. The minimum absolute atomic E-state index is 0.468. The quantitative estimate of drug-likeness (QED) is 0.658. The van der Waals surface area contributed by atoms with Crippen LogP contribution in [0.2, 0.25) is 0 Å². The second-order valence-corrected chi connectivity index (χ2v) is 5.17. The van der Waals surface area contributed by atoms with E-state index in [0.717, 1.165) is 36.9 Å². The molecule has 1 rings (SSSR count). The van der Waals surface area contributed by atoms with Crippen LogP contribution in [0.15, 0.2) is 0 Å². The van der Waals surface area contributed by atoms with Gasteiger partial charge in [0.15, 0.2) is 0 Å². The molecule has 0 spiro atoms. The molecule has 0 radical (unpaired) electrons. The molecular weight excluding hydrogens is 240 g/mol. The summed E-state index contributed by atoms with van der Waals surface area (Å²) in [5.74, 6) is 1.33. The van der Waals surface area contributed by atoms with E-state index < -0.39 is 0 Å². The Bertz CT molecular complexity index is 162. The van der Waals surface area contributed by atoms with Crippen LogP contribution in [0, 0.1) is 5.92 Å². The normalized spacial score (nSPS) is 18.4. The van der Waals surface area contributed by atoms with E-state index in [1.54, 1.807) is 0 Å². The summed E-state index contributed by atoms with van der Waals surface area (Å²) >= 11 is 3.35. The summed E-state index contributed by atoms with van der Waals surface area (Å²) in [6.07, 6.45) is 10.7. The number of carbonyl (C=O) groups is 1. The van der Waals surface area contributed by atoms with E-state index in [-0.39, 0.29) is 0 Å². The SMILES string of the molecule is O=C(CCCBr)CCC1CCCCC1. The number of rotatable bonds is 6. The Morgan fingerprint density at radius 1 is 1.14 bits per heavy atom. The third kappa shape index (κ3) is 5.14. The monoisotopic (exact) mass is 260 g/mol. The first-order valence-corrected chi connectivity index (χ1v) is 7.02. The summed E-state index contributed by atoms with van der Waals surface area (Å²) in [5.41, 5.74) is 0. The predicted molar refractivity (Wildman–Crippen MR) is 63.8 cm³/mol. The standard InChI is InChI=1S/C12H21BrO/c13-10-4-7-12(14)9-8-11-5-2-1-3-6-11/h11H,1-10H2. The Kier molecular flexibility index (Phi) is 6.50. The third-order valence-corrected chi connectivity index (χ3v) is 3.71. The van der Waals surface area contributed by atoms with Gasteiger partial charge >= 0.3 is 0 Å². The van der Waals surface area contributed by atoms with Gasteiger partial charge in [0.2, 0.25) is 0 Å². The van der Waals surface area contributed by atoms with Crippen LogP contribution >= 0.6 is 15.9 Å². The number of Topliss-reactive ketones (excluding diaryl/α,β-unsaturated/α-hetero) is 1. The van der Waals surface area contributed by atoms with E-state index in [1.165, 1.54) is 32.1 Å². The molecule has 1 fully saturated rings. The van der Waals surface area contributed by atoms with Crippen LogP contribution in [0.25, 0.3) is 0 Å². The van der Waals surface area contributed by atoms with Crippen molar-refractivity contribution in [2.24, 2.45) is 5.92 Å². The van der Waals surface area contributed by atoms with Crippen LogP contribution in [0.4, 0.5) is 0 Å². The van der Waals surface area contributed by atoms with Gasteiger partial charge in [0.05, 0.1) is 0 Å². The molecule has 0 amide bonds. The maximum absolute atomic E-state index is 11.4. The molecule has 0 aromatic rings. The summed E-state index contributed by atoms with van der Waals surface area (Å²) in [6, 6.07) is 0. The van der Waals surface area contributed by atoms with Crippen LogP contribution < -0.4 is 0 Å². The van der Waals surface area contributed by atoms with Crippen molar-refractivity contribution in [1.82, 2.24) is 0 Å². The molecule has 0 aliphatic heterocycles. The molecule has 82 valence electrons. The van der Waals surface area contributed by atoms with Gasteiger partial charge in [-0.1, -0.05) is 48.0 Å². The van der Waals surface area contributed by atoms with E-state index in [2.05, 4.69) is 15.9 Å². The first-order valence-electron chi connectivity index (χ1n) is 5.90. The van der Waals surface area contributed by atoms with Gasteiger partial charge in [-0.15, -0.1) is 0 Å². The molecule has 1 aliphatic rings. The Balaban J connectivity index is 2.03. The number of hydrogen-bond donors (Lipinski definition) is 0. The predicted octanol–water partition coefficient (Wildman–Crippen LogP) is 4.09. The fourth-order valence-electron chi connectivity index (χ4n) is 2.23. The lowest BCUT2D eigenvalue weighted by Crippen LogP contribution is -2.09. The summed E-state index contributed by atoms with van der Waals surface area (Å²) in [4.78, 5) is 11.4. The van der Waals surface area contributed by atoms with Crippen molar-refractivity contribution in [2.45, 2.75) is 57.8 Å². The topological polar surface area (TPSA) is 17.1 Å². The van der Waals surface area contributed by atoms with E-state index in [1.807, 2.05) is 0 Å². The van der Waals surface area contributed by atoms with Crippen LogP contribution in [0.5, 0.6) is 0 Å². The highest BCUT2D eigenvalue weighted by atomic mass is 79.9. The molecule has 0 heterocycles. The lowest BCUT2D eigenvalue weighted by atomic mass is 9.85. The second-order valence-electron chi connectivity index (χ2n) is 4.37. The van der Waals surface area contributed by atoms with Crippen molar-refractivity contribution in [1.29, 1.82) is 0 Å². The Labute approximate surface area is 95.8 Å². The van der Waals surface area contributed by atoms with Gasteiger partial charge in [-0.2, -0.15) is 0 Å². The molecule has 1 aliphatic carbocycles. The average molecular weight is 261 g/mol. The van der Waals surface area contributed by atoms with Gasteiger partial charge in [-0.05, 0) is 18.8 Å². The summed E-state index contributed by atoms with van der Waals surface area (Å²) in [6.45, 7) is 0. The summed E-state index contributed by atoms with van der Waals surface area (Å²) < 4.78 is 0. The van der Waals surface area contributed by atoms with Gasteiger partial charge in [0, 0.05) is 18.2 Å². The molecule has 1 nitrogen and oxygen atoms in total. The zero-order valence-corrected chi connectivity index (χ0v) is 10.5. The highest BCUT2D eigenvalue weighted by Crippen LogP contribution is 2.27. The number of alkyl halides is 1. The van der Waals surface area contributed by atoms with E-state index in [4.69, 9.17) is 0 Å². The largest absolute Gasteiger partial charge is 0.300 e. The van der Waals surface area contributed by atoms with Gasteiger partial charge in [-0.25, -0.2) is 0 Å². The number of halogens is 1. The zero-order chi connectivity index (χ0) is 10.2. The summed E-state index contributed by atoms with van der Waals surface area (Å²) in [7, 11) is 0. The lowest BCUT2D eigenvalue weighted by molar-refractivity contribution is -0.119. The molecular formula is C12H21BrO. The smallest absolute Gasteiger partial charge is 0.132 e. The lowest BCUT2D eigenvalue weighted by Gasteiger charge is -2.20. The van der Waals surface area contributed by atoms with Crippen molar-refractivity contribution in [3.8, 4) is 0 Å². The fourth-order valence-corrected chi connectivity index (χ4v) is 2.51. The maximum Gasteiger partial charge on any atom is 0.132 e. The number of ketones is 1. The maximum atomic E-state index is 11.4. The molecule has 0 aromatic heterocycles. The Morgan fingerprint density at radius 2 is 1.86 bits per heavy atom. The second kappa shape index (κ2) is 7.44. The van der Waals surface area contributed by atoms with Crippen molar-refractivity contribution in [3.63, 3.8) is 0 Å². The number of carbonyl (C=O) groups excluding carboxylic acids is 1. The van der Waals surface area contributed by atoms with Crippen molar-refractivity contribution < 1.29 is 4.79 Å². The van der Waals surface area contributed by atoms with Crippen molar-refractivity contribution in [3.05, 3.63) is 0 Å². The fraction of sp³-hybridized carbons (Fsp3) is 0.917. The van der Waals surface area contributed by atoms with Crippen molar-refractivity contribution >= 4 is 21.7 Å². The average Bonchev–Trinajstić information content (AvgIpc) is 2.25.